The van der Waals surface area contributed by atoms with Crippen LogP contribution in [0.1, 0.15) is 51.9 Å². The maximum absolute atomic E-state index is 9.07. The van der Waals surface area contributed by atoms with E-state index >= 15 is 0 Å². The third kappa shape index (κ3) is 1.96. The number of anilines is 1. The van der Waals surface area contributed by atoms with Crippen molar-refractivity contribution in [3.63, 3.8) is 0 Å². The SMILES string of the molecule is CC(C)n1nc(C(C)(C)C)c(C#N)c1N. The minimum Gasteiger partial charge on any atom is -0.383 e. The molecule has 0 aliphatic carbocycles. The van der Waals surface area contributed by atoms with E-state index in [0.29, 0.717) is 11.4 Å². The van der Waals surface area contributed by atoms with Crippen LogP contribution in [0.2, 0.25) is 0 Å². The Labute approximate surface area is 90.7 Å². The fourth-order valence-electron chi connectivity index (χ4n) is 1.48. The van der Waals surface area contributed by atoms with E-state index in [1.165, 1.54) is 0 Å². The number of hydrogen-bond donors (Lipinski definition) is 1. The van der Waals surface area contributed by atoms with Gasteiger partial charge >= 0.3 is 0 Å². The predicted octanol–water partition coefficient (Wildman–Crippen LogP) is 2.22. The first-order valence-electron chi connectivity index (χ1n) is 5.07. The van der Waals surface area contributed by atoms with Crippen molar-refractivity contribution in [1.82, 2.24) is 9.78 Å². The Balaban J connectivity index is 3.43. The second-order valence-corrected chi connectivity index (χ2v) is 5.01. The van der Waals surface area contributed by atoms with Crippen molar-refractivity contribution in [1.29, 1.82) is 5.26 Å². The first-order chi connectivity index (χ1) is 6.79. The maximum atomic E-state index is 9.07. The second-order valence-electron chi connectivity index (χ2n) is 5.01. The van der Waals surface area contributed by atoms with Crippen LogP contribution in [0, 0.1) is 11.3 Å². The summed E-state index contributed by atoms with van der Waals surface area (Å²) in [5.74, 6) is 0.470. The fraction of sp³-hybridized carbons (Fsp3) is 0.636. The highest BCUT2D eigenvalue weighted by atomic mass is 15.3. The van der Waals surface area contributed by atoms with Crippen LogP contribution in [-0.4, -0.2) is 9.78 Å². The lowest BCUT2D eigenvalue weighted by Crippen LogP contribution is -2.14. The van der Waals surface area contributed by atoms with Crippen LogP contribution in [0.4, 0.5) is 5.82 Å². The molecule has 2 N–H and O–H groups in total. The van der Waals surface area contributed by atoms with Crippen molar-refractivity contribution >= 4 is 5.82 Å². The van der Waals surface area contributed by atoms with Crippen LogP contribution in [0.15, 0.2) is 0 Å². The number of nitrogens with two attached hydrogens (primary N) is 1. The molecule has 1 aromatic rings. The van der Waals surface area contributed by atoms with E-state index in [9.17, 15) is 0 Å². The van der Waals surface area contributed by atoms with E-state index in [1.807, 2.05) is 34.6 Å². The third-order valence-electron chi connectivity index (χ3n) is 2.26. The summed E-state index contributed by atoms with van der Waals surface area (Å²) < 4.78 is 1.71. The summed E-state index contributed by atoms with van der Waals surface area (Å²) in [5, 5.41) is 13.5. The lowest BCUT2D eigenvalue weighted by Gasteiger charge is -2.15. The third-order valence-corrected chi connectivity index (χ3v) is 2.26. The zero-order valence-electron chi connectivity index (χ0n) is 10.00. The molecule has 4 nitrogen and oxygen atoms in total. The highest BCUT2D eigenvalue weighted by Gasteiger charge is 2.26. The lowest BCUT2D eigenvalue weighted by atomic mass is 9.90. The van der Waals surface area contributed by atoms with Gasteiger partial charge in [-0.05, 0) is 13.8 Å². The molecule has 0 fully saturated rings. The van der Waals surface area contributed by atoms with Crippen molar-refractivity contribution in [2.45, 2.75) is 46.1 Å². The standard InChI is InChI=1S/C11H18N4/c1-7(2)15-10(13)8(6-12)9(14-15)11(3,4)5/h7H,13H2,1-5H3. The highest BCUT2D eigenvalue weighted by Crippen LogP contribution is 2.29. The Hall–Kier alpha value is -1.50. The van der Waals surface area contributed by atoms with Gasteiger partial charge in [-0.1, -0.05) is 20.8 Å². The Morgan fingerprint density at radius 1 is 1.40 bits per heavy atom. The summed E-state index contributed by atoms with van der Waals surface area (Å²) in [5.41, 5.74) is 7.02. The van der Waals surface area contributed by atoms with Gasteiger partial charge in [0.25, 0.3) is 0 Å². The molecular weight excluding hydrogens is 188 g/mol. The Morgan fingerprint density at radius 3 is 2.20 bits per heavy atom. The van der Waals surface area contributed by atoms with Gasteiger partial charge in [0.1, 0.15) is 17.5 Å². The first-order valence-corrected chi connectivity index (χ1v) is 5.07. The van der Waals surface area contributed by atoms with Gasteiger partial charge in [-0.3, -0.25) is 0 Å². The maximum Gasteiger partial charge on any atom is 0.140 e. The van der Waals surface area contributed by atoms with Gasteiger partial charge in [-0.15, -0.1) is 0 Å². The molecule has 0 aromatic carbocycles. The van der Waals surface area contributed by atoms with E-state index in [1.54, 1.807) is 4.68 Å². The summed E-state index contributed by atoms with van der Waals surface area (Å²) in [6.45, 7) is 10.1. The largest absolute Gasteiger partial charge is 0.383 e. The minimum absolute atomic E-state index is 0.153. The molecule has 0 aliphatic rings. The lowest BCUT2D eigenvalue weighted by molar-refractivity contribution is 0.499. The van der Waals surface area contributed by atoms with Gasteiger partial charge in [-0.2, -0.15) is 10.4 Å². The molecule has 0 aliphatic heterocycles. The van der Waals surface area contributed by atoms with Gasteiger partial charge in [0.05, 0.1) is 5.69 Å². The Kier molecular flexibility index (Phi) is 2.76. The van der Waals surface area contributed by atoms with Gasteiger partial charge in [0, 0.05) is 11.5 Å². The molecule has 0 radical (unpaired) electrons. The van der Waals surface area contributed by atoms with Crippen LogP contribution in [0.25, 0.3) is 0 Å². The van der Waals surface area contributed by atoms with Crippen molar-refractivity contribution in [2.24, 2.45) is 0 Å². The minimum atomic E-state index is -0.153. The number of nitrogen functional groups attached to an aromatic ring is 1. The van der Waals surface area contributed by atoms with Gasteiger partial charge in [0.15, 0.2) is 0 Å². The zero-order chi connectivity index (χ0) is 11.8. The summed E-state index contributed by atoms with van der Waals surface area (Å²) in [4.78, 5) is 0. The number of rotatable bonds is 1. The van der Waals surface area contributed by atoms with Gasteiger partial charge < -0.3 is 5.73 Å². The molecule has 1 aromatic heterocycles. The molecule has 0 saturated heterocycles. The number of hydrogen-bond acceptors (Lipinski definition) is 3. The van der Waals surface area contributed by atoms with E-state index < -0.39 is 0 Å². The molecule has 0 amide bonds. The highest BCUT2D eigenvalue weighted by molar-refractivity contribution is 5.54. The van der Waals surface area contributed by atoms with E-state index in [-0.39, 0.29) is 11.5 Å². The van der Waals surface area contributed by atoms with Gasteiger partial charge in [0.2, 0.25) is 0 Å². The molecule has 0 unspecified atom stereocenters. The van der Waals surface area contributed by atoms with Crippen LogP contribution in [0.5, 0.6) is 0 Å². The Morgan fingerprint density at radius 2 is 1.93 bits per heavy atom. The molecule has 0 spiro atoms. The normalized spacial score (nSPS) is 11.8. The summed E-state index contributed by atoms with van der Waals surface area (Å²) in [6, 6.07) is 2.31. The smallest absolute Gasteiger partial charge is 0.140 e. The van der Waals surface area contributed by atoms with Gasteiger partial charge in [-0.25, -0.2) is 4.68 Å². The summed E-state index contributed by atoms with van der Waals surface area (Å²) in [7, 11) is 0. The molecule has 4 heteroatoms. The van der Waals surface area contributed by atoms with Crippen LogP contribution >= 0.6 is 0 Å². The first kappa shape index (κ1) is 11.6. The van der Waals surface area contributed by atoms with Crippen molar-refractivity contribution in [3.8, 4) is 6.07 Å². The van der Waals surface area contributed by atoms with E-state index in [0.717, 1.165) is 5.69 Å². The molecule has 0 saturated carbocycles. The zero-order valence-corrected chi connectivity index (χ0v) is 10.00. The average Bonchev–Trinajstić information content (AvgIpc) is 2.41. The number of nitriles is 1. The quantitative estimate of drug-likeness (QED) is 0.766. The molecule has 1 heterocycles. The summed E-state index contributed by atoms with van der Waals surface area (Å²) in [6.07, 6.45) is 0. The molecule has 15 heavy (non-hydrogen) atoms. The predicted molar refractivity (Wildman–Crippen MR) is 60.4 cm³/mol. The van der Waals surface area contributed by atoms with Crippen molar-refractivity contribution in [2.75, 3.05) is 5.73 Å². The number of nitrogens with zero attached hydrogens (tertiary/aromatic N) is 3. The molecule has 82 valence electrons. The summed E-state index contributed by atoms with van der Waals surface area (Å²) >= 11 is 0. The van der Waals surface area contributed by atoms with Crippen LogP contribution in [0.3, 0.4) is 0 Å². The van der Waals surface area contributed by atoms with Crippen molar-refractivity contribution < 1.29 is 0 Å². The molecular formula is C11H18N4. The van der Waals surface area contributed by atoms with Crippen molar-refractivity contribution in [3.05, 3.63) is 11.3 Å². The average molecular weight is 206 g/mol. The molecule has 0 atom stereocenters. The molecule has 1 rings (SSSR count). The Bertz CT molecular complexity index is 401. The molecule has 0 bridgehead atoms. The fourth-order valence-corrected chi connectivity index (χ4v) is 1.48. The number of aromatic nitrogens is 2. The monoisotopic (exact) mass is 206 g/mol. The second kappa shape index (κ2) is 3.58. The van der Waals surface area contributed by atoms with E-state index in [2.05, 4.69) is 11.2 Å². The van der Waals surface area contributed by atoms with Crippen LogP contribution in [-0.2, 0) is 5.41 Å². The van der Waals surface area contributed by atoms with E-state index in [4.69, 9.17) is 11.0 Å². The topological polar surface area (TPSA) is 67.6 Å². The van der Waals surface area contributed by atoms with Crippen LogP contribution < -0.4 is 5.73 Å².